The van der Waals surface area contributed by atoms with Crippen molar-refractivity contribution in [1.82, 2.24) is 0 Å². The minimum Gasteiger partial charge on any atom is -0.358 e. The molecule has 5 aromatic carbocycles. The summed E-state index contributed by atoms with van der Waals surface area (Å²) < 4.78 is 0. The van der Waals surface area contributed by atoms with Crippen LogP contribution in [0.5, 0.6) is 0 Å². The summed E-state index contributed by atoms with van der Waals surface area (Å²) >= 11 is 0. The van der Waals surface area contributed by atoms with Gasteiger partial charge in [-0.25, -0.2) is 0 Å². The number of fused-ring (bicyclic) bond motifs is 13. The van der Waals surface area contributed by atoms with Gasteiger partial charge in [-0.3, -0.25) is 0 Å². The lowest BCUT2D eigenvalue weighted by molar-refractivity contribution is 0.653. The van der Waals surface area contributed by atoms with Gasteiger partial charge in [0.05, 0.1) is 5.41 Å². The van der Waals surface area contributed by atoms with Crippen molar-refractivity contribution in [3.05, 3.63) is 166 Å². The second-order valence-electron chi connectivity index (χ2n) is 12.3. The van der Waals surface area contributed by atoms with Crippen LogP contribution in [0.15, 0.2) is 120 Å². The van der Waals surface area contributed by atoms with Gasteiger partial charge in [-0.15, -0.1) is 0 Å². The highest BCUT2D eigenvalue weighted by Crippen LogP contribution is 2.63. The third kappa shape index (κ3) is 2.73. The van der Waals surface area contributed by atoms with Gasteiger partial charge in [-0.05, 0) is 81.1 Å². The predicted molar refractivity (Wildman–Crippen MR) is 168 cm³/mol. The van der Waals surface area contributed by atoms with Gasteiger partial charge in [0, 0.05) is 33.5 Å². The molecule has 0 bridgehead atoms. The predicted octanol–water partition coefficient (Wildman–Crippen LogP) is 9.47. The molecule has 1 N–H and O–H groups in total. The molecule has 0 fully saturated rings. The third-order valence-electron chi connectivity index (χ3n) is 10.0. The Labute approximate surface area is 241 Å². The van der Waals surface area contributed by atoms with Crippen LogP contribution < -0.4 is 5.32 Å². The summed E-state index contributed by atoms with van der Waals surface area (Å²) in [5, 5.41) is 4.03. The Balaban J connectivity index is 1.31. The van der Waals surface area contributed by atoms with E-state index in [2.05, 4.69) is 134 Å². The Morgan fingerprint density at radius 1 is 0.659 bits per heavy atom. The van der Waals surface area contributed by atoms with Crippen LogP contribution in [-0.2, 0) is 10.8 Å². The summed E-state index contributed by atoms with van der Waals surface area (Å²) in [6.07, 6.45) is 4.52. The fraction of sp³-hybridized carbons (Fsp3) is 0.150. The Bertz CT molecular complexity index is 1950. The normalized spacial score (nSPS) is 17.6. The van der Waals surface area contributed by atoms with E-state index in [4.69, 9.17) is 0 Å². The van der Waals surface area contributed by atoms with Crippen LogP contribution in [0, 0.1) is 12.1 Å². The van der Waals surface area contributed by atoms with E-state index in [-0.39, 0.29) is 10.8 Å². The second kappa shape index (κ2) is 7.90. The average Bonchev–Trinajstić information content (AvgIpc) is 3.58. The monoisotopic (exact) mass is 523 g/mol. The van der Waals surface area contributed by atoms with Crippen LogP contribution >= 0.6 is 0 Å². The Hall–Kier alpha value is -4.80. The maximum Gasteiger partial charge on any atom is 0.0733 e. The number of benzene rings is 4. The van der Waals surface area contributed by atoms with Gasteiger partial charge >= 0.3 is 0 Å². The van der Waals surface area contributed by atoms with Crippen molar-refractivity contribution in [2.24, 2.45) is 0 Å². The maximum atomic E-state index is 4.03. The molecule has 0 radical (unpaired) electrons. The van der Waals surface area contributed by atoms with E-state index in [1.54, 1.807) is 0 Å². The first-order valence-corrected chi connectivity index (χ1v) is 14.7. The minimum atomic E-state index is -0.363. The van der Waals surface area contributed by atoms with E-state index in [9.17, 15) is 0 Å². The molecule has 4 aliphatic carbocycles. The molecule has 0 atom stereocenters. The molecule has 0 amide bonds. The third-order valence-corrected chi connectivity index (χ3v) is 10.0. The second-order valence-corrected chi connectivity index (χ2v) is 12.3. The molecular formula is C40H29N. The molecule has 9 rings (SSSR count). The molecule has 0 unspecified atom stereocenters. The number of hydrogen-bond donors (Lipinski definition) is 1. The smallest absolute Gasteiger partial charge is 0.0733 e. The van der Waals surface area contributed by atoms with Crippen molar-refractivity contribution in [3.8, 4) is 22.3 Å². The SMILES string of the molecule is CC1(C)C2=CCCC(Nc3cccc4c3-c3c#cccc3C43c4ccccc4-c4ccccc43)=C2c2ccccc21. The Kier molecular flexibility index (Phi) is 4.42. The van der Waals surface area contributed by atoms with Crippen molar-refractivity contribution in [1.29, 1.82) is 0 Å². The van der Waals surface area contributed by atoms with Crippen molar-refractivity contribution in [3.63, 3.8) is 0 Å². The van der Waals surface area contributed by atoms with Crippen LogP contribution in [0.3, 0.4) is 0 Å². The first kappa shape index (κ1) is 23.0. The molecule has 1 heteroatoms. The highest BCUT2D eigenvalue weighted by molar-refractivity contribution is 6.00. The van der Waals surface area contributed by atoms with Gasteiger partial charge in [0.2, 0.25) is 0 Å². The summed E-state index contributed by atoms with van der Waals surface area (Å²) in [7, 11) is 0. The molecule has 0 saturated carbocycles. The minimum absolute atomic E-state index is 0.00851. The number of anilines is 1. The largest absolute Gasteiger partial charge is 0.358 e. The van der Waals surface area contributed by atoms with Gasteiger partial charge in [-0.1, -0.05) is 117 Å². The number of nitrogens with one attached hydrogen (secondary N) is 1. The zero-order valence-electron chi connectivity index (χ0n) is 23.3. The van der Waals surface area contributed by atoms with Gasteiger partial charge in [-0.2, -0.15) is 0 Å². The van der Waals surface area contributed by atoms with E-state index in [0.717, 1.165) is 24.1 Å². The topological polar surface area (TPSA) is 12.0 Å². The summed E-state index contributed by atoms with van der Waals surface area (Å²) in [5.41, 5.74) is 18.2. The van der Waals surface area contributed by atoms with E-state index in [1.807, 2.05) is 6.07 Å². The molecule has 4 aliphatic rings. The van der Waals surface area contributed by atoms with Crippen molar-refractivity contribution in [2.45, 2.75) is 37.5 Å². The van der Waals surface area contributed by atoms with Crippen molar-refractivity contribution in [2.75, 3.05) is 5.32 Å². The zero-order chi connectivity index (χ0) is 27.3. The van der Waals surface area contributed by atoms with Crippen LogP contribution in [0.1, 0.15) is 60.1 Å². The highest BCUT2D eigenvalue weighted by atomic mass is 14.9. The van der Waals surface area contributed by atoms with Crippen molar-refractivity contribution >= 4 is 11.3 Å². The first-order valence-electron chi connectivity index (χ1n) is 14.7. The summed E-state index contributed by atoms with van der Waals surface area (Å²) in [4.78, 5) is 0. The van der Waals surface area contributed by atoms with E-state index >= 15 is 0 Å². The number of hydrogen-bond acceptors (Lipinski definition) is 1. The van der Waals surface area contributed by atoms with Crippen LogP contribution in [0.2, 0.25) is 0 Å². The molecule has 0 saturated heterocycles. The van der Waals surface area contributed by atoms with E-state index < -0.39 is 0 Å². The van der Waals surface area contributed by atoms with Crippen LogP contribution in [-0.4, -0.2) is 0 Å². The van der Waals surface area contributed by atoms with Gasteiger partial charge in [0.25, 0.3) is 0 Å². The molecule has 5 aromatic rings. The van der Waals surface area contributed by atoms with Gasteiger partial charge < -0.3 is 5.32 Å². The molecule has 194 valence electrons. The number of rotatable bonds is 2. The van der Waals surface area contributed by atoms with Gasteiger partial charge in [0.15, 0.2) is 0 Å². The summed E-state index contributed by atoms with van der Waals surface area (Å²) in [6, 6.07) is 44.9. The molecule has 1 nitrogen and oxygen atoms in total. The molecule has 1 spiro atoms. The lowest BCUT2D eigenvalue weighted by Gasteiger charge is -2.30. The lowest BCUT2D eigenvalue weighted by Crippen LogP contribution is -2.25. The molecule has 0 heterocycles. The lowest BCUT2D eigenvalue weighted by atomic mass is 9.70. The fourth-order valence-corrected chi connectivity index (χ4v) is 8.40. The molecule has 0 aromatic heterocycles. The van der Waals surface area contributed by atoms with Gasteiger partial charge in [0.1, 0.15) is 0 Å². The van der Waals surface area contributed by atoms with Crippen molar-refractivity contribution < 1.29 is 0 Å². The first-order chi connectivity index (χ1) is 20.1. The number of allylic oxidation sites excluding steroid dienone is 4. The molecular weight excluding hydrogens is 494 g/mol. The van der Waals surface area contributed by atoms with E-state index in [1.165, 1.54) is 66.9 Å². The summed E-state index contributed by atoms with van der Waals surface area (Å²) in [6.45, 7) is 4.74. The summed E-state index contributed by atoms with van der Waals surface area (Å²) in [5.74, 6) is 0. The Morgan fingerprint density at radius 2 is 1.32 bits per heavy atom. The molecule has 0 aliphatic heterocycles. The van der Waals surface area contributed by atoms with E-state index in [0.29, 0.717) is 0 Å². The maximum absolute atomic E-state index is 4.03. The highest BCUT2D eigenvalue weighted by Gasteiger charge is 2.52. The quantitative estimate of drug-likeness (QED) is 0.238. The standard InChI is InChI=1S/C40H29N/c1-39(2)29-17-7-5-15-27(29)37-33(39)21-11-23-35(37)41-36-24-12-22-34-38(36)28-16-6-10-20-32(28)40(34)30-18-8-3-13-25(30)26-14-4-9-19-31(26)40/h3-5,7-10,12-15,17-22,24,41H,11,23H2,1-2H3. The Morgan fingerprint density at radius 3 is 2.07 bits per heavy atom. The van der Waals surface area contributed by atoms with Crippen LogP contribution in [0.4, 0.5) is 5.69 Å². The zero-order valence-corrected chi connectivity index (χ0v) is 23.3. The molecule has 41 heavy (non-hydrogen) atoms. The average molecular weight is 524 g/mol. The fourth-order valence-electron chi connectivity index (χ4n) is 8.40. The van der Waals surface area contributed by atoms with Crippen LogP contribution in [0.25, 0.3) is 27.8 Å².